The first-order chi connectivity index (χ1) is 14.5. The first-order valence-electron chi connectivity index (χ1n) is 9.79. The number of amides is 3. The first-order valence-corrected chi connectivity index (χ1v) is 9.79. The Morgan fingerprint density at radius 2 is 2.07 bits per heavy atom. The zero-order valence-corrected chi connectivity index (χ0v) is 16.6. The van der Waals surface area contributed by atoms with Crippen LogP contribution in [-0.4, -0.2) is 48.9 Å². The molecular formula is C22H22FN3O4. The van der Waals surface area contributed by atoms with E-state index in [9.17, 15) is 18.8 Å². The van der Waals surface area contributed by atoms with Crippen molar-refractivity contribution in [3.8, 4) is 5.75 Å². The van der Waals surface area contributed by atoms with Crippen LogP contribution in [0.1, 0.15) is 28.8 Å². The van der Waals surface area contributed by atoms with Crippen molar-refractivity contribution in [2.45, 2.75) is 25.4 Å². The van der Waals surface area contributed by atoms with Crippen LogP contribution in [0, 0.1) is 5.82 Å². The van der Waals surface area contributed by atoms with Crippen molar-refractivity contribution in [3.05, 3.63) is 59.4 Å². The van der Waals surface area contributed by atoms with Crippen LogP contribution in [0.25, 0.3) is 0 Å². The molecule has 2 aliphatic heterocycles. The quantitative estimate of drug-likeness (QED) is 0.817. The molecule has 30 heavy (non-hydrogen) atoms. The molecule has 0 aromatic heterocycles. The van der Waals surface area contributed by atoms with Gasteiger partial charge in [0.1, 0.15) is 24.2 Å². The fourth-order valence-electron chi connectivity index (χ4n) is 3.98. The Balaban J connectivity index is 1.55. The van der Waals surface area contributed by atoms with Crippen molar-refractivity contribution in [2.75, 3.05) is 25.1 Å². The molecule has 2 aromatic carbocycles. The smallest absolute Gasteiger partial charge is 0.256 e. The second kappa shape index (κ2) is 8.14. The van der Waals surface area contributed by atoms with Gasteiger partial charge in [-0.15, -0.1) is 0 Å². The van der Waals surface area contributed by atoms with Gasteiger partial charge in [-0.25, -0.2) is 4.39 Å². The molecule has 2 aliphatic rings. The molecule has 0 aliphatic carbocycles. The fourth-order valence-corrected chi connectivity index (χ4v) is 3.98. The summed E-state index contributed by atoms with van der Waals surface area (Å²) in [7, 11) is 1.57. The number of carbonyl (C=O) groups excluding carboxylic acids is 3. The summed E-state index contributed by atoms with van der Waals surface area (Å²) in [6.45, 7) is 0.461. The maximum Gasteiger partial charge on any atom is 0.256 e. The molecule has 1 unspecified atom stereocenters. The molecule has 1 N–H and O–H groups in total. The minimum Gasteiger partial charge on any atom is -0.497 e. The Kier molecular flexibility index (Phi) is 5.39. The van der Waals surface area contributed by atoms with Gasteiger partial charge in [0.2, 0.25) is 11.8 Å². The zero-order valence-electron chi connectivity index (χ0n) is 16.6. The molecule has 8 heteroatoms. The summed E-state index contributed by atoms with van der Waals surface area (Å²) in [5, 5.41) is 2.79. The normalized spacial score (nSPS) is 18.0. The number of carbonyl (C=O) groups is 3. The summed E-state index contributed by atoms with van der Waals surface area (Å²) in [5.74, 6) is -0.947. The Bertz CT molecular complexity index is 1010. The lowest BCUT2D eigenvalue weighted by Crippen LogP contribution is -2.48. The maximum absolute atomic E-state index is 13.8. The lowest BCUT2D eigenvalue weighted by molar-refractivity contribution is -0.125. The number of nitrogens with zero attached hydrogens (tertiary/aromatic N) is 2. The van der Waals surface area contributed by atoms with Gasteiger partial charge in [0.05, 0.1) is 18.4 Å². The van der Waals surface area contributed by atoms with Crippen LogP contribution in [-0.2, 0) is 16.1 Å². The van der Waals surface area contributed by atoms with Crippen LogP contribution in [0.2, 0.25) is 0 Å². The molecule has 0 bridgehead atoms. The SMILES string of the molecule is COc1cccc(CNC(=O)CN2C(=O)C3CCCN3C(=O)c3cc(F)ccc32)c1. The summed E-state index contributed by atoms with van der Waals surface area (Å²) in [4.78, 5) is 41.5. The van der Waals surface area contributed by atoms with Crippen molar-refractivity contribution >= 4 is 23.4 Å². The summed E-state index contributed by atoms with van der Waals surface area (Å²) in [5.41, 5.74) is 1.22. The van der Waals surface area contributed by atoms with Crippen LogP contribution in [0.4, 0.5) is 10.1 Å². The average molecular weight is 411 g/mol. The van der Waals surface area contributed by atoms with Crippen molar-refractivity contribution in [1.29, 1.82) is 0 Å². The van der Waals surface area contributed by atoms with Gasteiger partial charge in [-0.2, -0.15) is 0 Å². The second-order valence-electron chi connectivity index (χ2n) is 7.37. The molecule has 2 heterocycles. The van der Waals surface area contributed by atoms with Gasteiger partial charge in [-0.05, 0) is 48.7 Å². The van der Waals surface area contributed by atoms with E-state index in [1.54, 1.807) is 7.11 Å². The highest BCUT2D eigenvalue weighted by Gasteiger charge is 2.42. The molecule has 4 rings (SSSR count). The third kappa shape index (κ3) is 3.72. The predicted molar refractivity (Wildman–Crippen MR) is 108 cm³/mol. The van der Waals surface area contributed by atoms with Gasteiger partial charge in [0, 0.05) is 13.1 Å². The summed E-state index contributed by atoms with van der Waals surface area (Å²) < 4.78 is 19.0. The van der Waals surface area contributed by atoms with Crippen LogP contribution >= 0.6 is 0 Å². The molecule has 3 amide bonds. The molecular weight excluding hydrogens is 389 g/mol. The van der Waals surface area contributed by atoms with E-state index in [-0.39, 0.29) is 42.1 Å². The molecule has 1 atom stereocenters. The van der Waals surface area contributed by atoms with Crippen LogP contribution in [0.5, 0.6) is 5.75 Å². The molecule has 0 saturated carbocycles. The van der Waals surface area contributed by atoms with Gasteiger partial charge >= 0.3 is 0 Å². The molecule has 7 nitrogen and oxygen atoms in total. The van der Waals surface area contributed by atoms with Crippen molar-refractivity contribution < 1.29 is 23.5 Å². The summed E-state index contributed by atoms with van der Waals surface area (Å²) >= 11 is 0. The summed E-state index contributed by atoms with van der Waals surface area (Å²) in [6, 6.07) is 10.4. The average Bonchev–Trinajstić information content (AvgIpc) is 3.23. The molecule has 0 radical (unpaired) electrons. The number of fused-ring (bicyclic) bond motifs is 2. The minimum atomic E-state index is -0.626. The molecule has 156 valence electrons. The Hall–Kier alpha value is -3.42. The standard InChI is InChI=1S/C22H22FN3O4/c1-30-16-5-2-4-14(10-16)12-24-20(27)13-26-18-8-7-15(23)11-17(18)21(28)25-9-3-6-19(25)22(26)29/h2,4-5,7-8,10-11,19H,3,6,9,12-13H2,1H3,(H,24,27). The van der Waals surface area contributed by atoms with Crippen LogP contribution in [0.15, 0.2) is 42.5 Å². The Morgan fingerprint density at radius 1 is 1.23 bits per heavy atom. The predicted octanol–water partition coefficient (Wildman–Crippen LogP) is 2.10. The number of anilines is 1. The number of hydrogen-bond donors (Lipinski definition) is 1. The monoisotopic (exact) mass is 411 g/mol. The van der Waals surface area contributed by atoms with Gasteiger partial charge in [-0.1, -0.05) is 12.1 Å². The van der Waals surface area contributed by atoms with Crippen LogP contribution in [0.3, 0.4) is 0 Å². The molecule has 2 aromatic rings. The van der Waals surface area contributed by atoms with Gasteiger partial charge in [0.15, 0.2) is 0 Å². The number of ether oxygens (including phenoxy) is 1. The molecule has 1 fully saturated rings. The van der Waals surface area contributed by atoms with E-state index < -0.39 is 11.9 Å². The number of benzene rings is 2. The van der Waals surface area contributed by atoms with Gasteiger partial charge in [0.25, 0.3) is 5.91 Å². The van der Waals surface area contributed by atoms with Crippen molar-refractivity contribution in [3.63, 3.8) is 0 Å². The fraction of sp³-hybridized carbons (Fsp3) is 0.318. The van der Waals surface area contributed by atoms with Crippen molar-refractivity contribution in [2.24, 2.45) is 0 Å². The highest BCUT2D eigenvalue weighted by Crippen LogP contribution is 2.32. The third-order valence-corrected chi connectivity index (χ3v) is 5.47. The van der Waals surface area contributed by atoms with E-state index in [0.29, 0.717) is 25.1 Å². The number of nitrogens with one attached hydrogen (secondary N) is 1. The third-order valence-electron chi connectivity index (χ3n) is 5.47. The maximum atomic E-state index is 13.8. The van der Waals surface area contributed by atoms with E-state index in [0.717, 1.165) is 11.6 Å². The first kappa shape index (κ1) is 19.9. The molecule has 0 spiro atoms. The topological polar surface area (TPSA) is 79.0 Å². The number of halogens is 1. The minimum absolute atomic E-state index is 0.105. The number of hydrogen-bond acceptors (Lipinski definition) is 4. The van der Waals surface area contributed by atoms with E-state index in [1.807, 2.05) is 24.3 Å². The van der Waals surface area contributed by atoms with E-state index in [1.165, 1.54) is 21.9 Å². The van der Waals surface area contributed by atoms with E-state index >= 15 is 0 Å². The number of methoxy groups -OCH3 is 1. The van der Waals surface area contributed by atoms with Crippen molar-refractivity contribution in [1.82, 2.24) is 10.2 Å². The Labute approximate surface area is 173 Å². The highest BCUT2D eigenvalue weighted by atomic mass is 19.1. The highest BCUT2D eigenvalue weighted by molar-refractivity contribution is 6.12. The van der Waals surface area contributed by atoms with Gasteiger partial charge < -0.3 is 19.9 Å². The second-order valence-corrected chi connectivity index (χ2v) is 7.37. The largest absolute Gasteiger partial charge is 0.497 e. The van der Waals surface area contributed by atoms with Gasteiger partial charge in [-0.3, -0.25) is 14.4 Å². The van der Waals surface area contributed by atoms with E-state index in [2.05, 4.69) is 5.32 Å². The van der Waals surface area contributed by atoms with Crippen LogP contribution < -0.4 is 15.0 Å². The lowest BCUT2D eigenvalue weighted by atomic mass is 10.1. The summed E-state index contributed by atoms with van der Waals surface area (Å²) in [6.07, 6.45) is 1.23. The Morgan fingerprint density at radius 3 is 2.87 bits per heavy atom. The zero-order chi connectivity index (χ0) is 21.3. The lowest BCUT2D eigenvalue weighted by Gasteiger charge is -2.25. The van der Waals surface area contributed by atoms with E-state index in [4.69, 9.17) is 4.74 Å². The number of rotatable bonds is 5. The molecule has 1 saturated heterocycles.